The molecule has 7 heteroatoms. The van der Waals surface area contributed by atoms with Crippen LogP contribution in [0, 0.1) is 6.92 Å². The van der Waals surface area contributed by atoms with Crippen LogP contribution in [0.2, 0.25) is 0 Å². The summed E-state index contributed by atoms with van der Waals surface area (Å²) in [5.41, 5.74) is 1.72. The normalized spacial score (nSPS) is 12.3. The minimum absolute atomic E-state index is 0.370. The largest absolute Gasteiger partial charge is 0.385 e. The average molecular weight is 341 g/mol. The molecular formula is C16H27N3O3S. The van der Waals surface area contributed by atoms with E-state index in [9.17, 15) is 8.42 Å². The molecule has 6 nitrogen and oxygen atoms in total. The Morgan fingerprint density at radius 1 is 1.30 bits per heavy atom. The van der Waals surface area contributed by atoms with E-state index in [-0.39, 0.29) is 0 Å². The lowest BCUT2D eigenvalue weighted by Gasteiger charge is -2.11. The fraction of sp³-hybridized carbons (Fsp3) is 0.562. The number of guanidine groups is 1. The highest BCUT2D eigenvalue weighted by Gasteiger charge is 2.10. The van der Waals surface area contributed by atoms with Gasteiger partial charge in [-0.15, -0.1) is 0 Å². The first kappa shape index (κ1) is 19.4. The van der Waals surface area contributed by atoms with E-state index in [1.165, 1.54) is 6.26 Å². The number of benzene rings is 1. The summed E-state index contributed by atoms with van der Waals surface area (Å²) in [6, 6.07) is 5.32. The fourth-order valence-corrected chi connectivity index (χ4v) is 3.12. The molecule has 2 N–H and O–H groups in total. The molecule has 0 amide bonds. The van der Waals surface area contributed by atoms with Crippen molar-refractivity contribution in [3.63, 3.8) is 0 Å². The number of aliphatic imine (C=N–C) groups is 1. The summed E-state index contributed by atoms with van der Waals surface area (Å²) in [5, 5.41) is 6.42. The summed E-state index contributed by atoms with van der Waals surface area (Å²) in [4.78, 5) is 4.89. The third-order valence-corrected chi connectivity index (χ3v) is 4.48. The topological polar surface area (TPSA) is 79.8 Å². The summed E-state index contributed by atoms with van der Waals surface area (Å²) in [5.74, 6) is 0.744. The quantitative estimate of drug-likeness (QED) is 0.425. The second-order valence-electron chi connectivity index (χ2n) is 5.34. The SMILES string of the molecule is CCNC(=NCc1ccc(S(C)(=O)=O)c(C)c1)NCCCOC. The number of hydrogen-bond acceptors (Lipinski definition) is 4. The first-order valence-electron chi connectivity index (χ1n) is 7.69. The van der Waals surface area contributed by atoms with Crippen LogP contribution in [0.1, 0.15) is 24.5 Å². The number of nitrogens with one attached hydrogen (secondary N) is 2. The standard InChI is InChI=1S/C16H27N3O3S/c1-5-17-16(18-9-6-10-22-3)19-12-14-7-8-15(13(2)11-14)23(4,20)21/h7-8,11H,5-6,9-10,12H2,1-4H3,(H2,17,18,19). The van der Waals surface area contributed by atoms with Crippen molar-refractivity contribution in [2.24, 2.45) is 4.99 Å². The van der Waals surface area contributed by atoms with E-state index < -0.39 is 9.84 Å². The summed E-state index contributed by atoms with van der Waals surface area (Å²) in [6.45, 7) is 6.58. The number of sulfone groups is 1. The second-order valence-corrected chi connectivity index (χ2v) is 7.32. The van der Waals surface area contributed by atoms with Crippen molar-refractivity contribution < 1.29 is 13.2 Å². The molecule has 0 aliphatic heterocycles. The van der Waals surface area contributed by atoms with Crippen molar-refractivity contribution in [1.82, 2.24) is 10.6 Å². The highest BCUT2D eigenvalue weighted by molar-refractivity contribution is 7.90. The molecule has 23 heavy (non-hydrogen) atoms. The Balaban J connectivity index is 2.73. The third kappa shape index (κ3) is 7.00. The van der Waals surface area contributed by atoms with Gasteiger partial charge in [0.1, 0.15) is 0 Å². The van der Waals surface area contributed by atoms with Gasteiger partial charge in [-0.2, -0.15) is 0 Å². The molecule has 0 saturated heterocycles. The van der Waals surface area contributed by atoms with Gasteiger partial charge in [0.05, 0.1) is 11.4 Å². The van der Waals surface area contributed by atoms with Crippen LogP contribution >= 0.6 is 0 Å². The van der Waals surface area contributed by atoms with Gasteiger partial charge in [0, 0.05) is 33.1 Å². The van der Waals surface area contributed by atoms with Gasteiger partial charge in [0.15, 0.2) is 15.8 Å². The zero-order valence-electron chi connectivity index (χ0n) is 14.3. The maximum atomic E-state index is 11.6. The van der Waals surface area contributed by atoms with E-state index in [4.69, 9.17) is 4.74 Å². The minimum Gasteiger partial charge on any atom is -0.385 e. The Morgan fingerprint density at radius 3 is 2.61 bits per heavy atom. The Morgan fingerprint density at radius 2 is 2.04 bits per heavy atom. The van der Waals surface area contributed by atoms with Gasteiger partial charge in [-0.3, -0.25) is 0 Å². The third-order valence-electron chi connectivity index (χ3n) is 3.22. The van der Waals surface area contributed by atoms with Gasteiger partial charge >= 0.3 is 0 Å². The minimum atomic E-state index is -3.18. The lowest BCUT2D eigenvalue weighted by atomic mass is 10.1. The number of hydrogen-bond donors (Lipinski definition) is 2. The molecule has 1 aromatic carbocycles. The van der Waals surface area contributed by atoms with Gasteiger partial charge < -0.3 is 15.4 Å². The van der Waals surface area contributed by atoms with Crippen molar-refractivity contribution in [3.8, 4) is 0 Å². The van der Waals surface area contributed by atoms with Crippen LogP contribution in [-0.2, 0) is 21.1 Å². The molecule has 0 heterocycles. The number of nitrogens with zero attached hydrogens (tertiary/aromatic N) is 1. The van der Waals surface area contributed by atoms with Crippen LogP contribution in [-0.4, -0.2) is 47.4 Å². The monoisotopic (exact) mass is 341 g/mol. The van der Waals surface area contributed by atoms with Crippen LogP contribution in [0.4, 0.5) is 0 Å². The van der Waals surface area contributed by atoms with Crippen LogP contribution in [0.5, 0.6) is 0 Å². The fourth-order valence-electron chi connectivity index (χ4n) is 2.16. The molecule has 0 aliphatic rings. The molecule has 1 aromatic rings. The predicted molar refractivity (Wildman–Crippen MR) is 93.6 cm³/mol. The number of ether oxygens (including phenoxy) is 1. The van der Waals surface area contributed by atoms with Crippen molar-refractivity contribution in [2.75, 3.05) is 33.1 Å². The molecule has 1 rings (SSSR count). The van der Waals surface area contributed by atoms with Crippen molar-refractivity contribution in [2.45, 2.75) is 31.7 Å². The summed E-state index contributed by atoms with van der Waals surface area (Å²) >= 11 is 0. The molecule has 0 atom stereocenters. The Labute approximate surface area is 139 Å². The van der Waals surface area contributed by atoms with Gasteiger partial charge in [-0.05, 0) is 37.5 Å². The van der Waals surface area contributed by atoms with Gasteiger partial charge in [-0.25, -0.2) is 13.4 Å². The predicted octanol–water partition coefficient (Wildman–Crippen LogP) is 1.49. The van der Waals surface area contributed by atoms with Gasteiger partial charge in [-0.1, -0.05) is 12.1 Å². The average Bonchev–Trinajstić information content (AvgIpc) is 2.47. The maximum Gasteiger partial charge on any atom is 0.191 e. The first-order chi connectivity index (χ1) is 10.9. The van der Waals surface area contributed by atoms with E-state index in [1.807, 2.05) is 13.0 Å². The second kappa shape index (κ2) is 9.52. The molecule has 0 spiro atoms. The zero-order valence-corrected chi connectivity index (χ0v) is 15.2. The smallest absolute Gasteiger partial charge is 0.191 e. The van der Waals surface area contributed by atoms with E-state index in [2.05, 4.69) is 15.6 Å². The molecule has 0 unspecified atom stereocenters. The summed E-state index contributed by atoms with van der Waals surface area (Å²) in [6.07, 6.45) is 2.13. The lowest BCUT2D eigenvalue weighted by Crippen LogP contribution is -2.38. The summed E-state index contributed by atoms with van der Waals surface area (Å²) < 4.78 is 28.3. The molecular weight excluding hydrogens is 314 g/mol. The van der Waals surface area contributed by atoms with Crippen LogP contribution in [0.15, 0.2) is 28.1 Å². The van der Waals surface area contributed by atoms with Crippen molar-refractivity contribution in [1.29, 1.82) is 0 Å². The van der Waals surface area contributed by atoms with E-state index >= 15 is 0 Å². The van der Waals surface area contributed by atoms with Gasteiger partial charge in [0.25, 0.3) is 0 Å². The lowest BCUT2D eigenvalue weighted by molar-refractivity contribution is 0.195. The summed E-state index contributed by atoms with van der Waals surface area (Å²) in [7, 11) is -1.50. The highest BCUT2D eigenvalue weighted by atomic mass is 32.2. The molecule has 0 aliphatic carbocycles. The van der Waals surface area contributed by atoms with E-state index in [0.717, 1.165) is 36.6 Å². The molecule has 0 bridgehead atoms. The maximum absolute atomic E-state index is 11.6. The number of methoxy groups -OCH3 is 1. The van der Waals surface area contributed by atoms with Crippen LogP contribution in [0.3, 0.4) is 0 Å². The van der Waals surface area contributed by atoms with E-state index in [0.29, 0.717) is 18.0 Å². The van der Waals surface area contributed by atoms with E-state index in [1.54, 1.807) is 26.2 Å². The number of aryl methyl sites for hydroxylation is 1. The Kier molecular flexibility index (Phi) is 8.05. The molecule has 0 radical (unpaired) electrons. The molecule has 0 aromatic heterocycles. The molecule has 0 fully saturated rings. The first-order valence-corrected chi connectivity index (χ1v) is 9.58. The zero-order chi connectivity index (χ0) is 17.3. The highest BCUT2D eigenvalue weighted by Crippen LogP contribution is 2.17. The van der Waals surface area contributed by atoms with Crippen LogP contribution < -0.4 is 10.6 Å². The van der Waals surface area contributed by atoms with Crippen molar-refractivity contribution >= 4 is 15.8 Å². The number of rotatable bonds is 8. The van der Waals surface area contributed by atoms with Crippen LogP contribution in [0.25, 0.3) is 0 Å². The molecule has 130 valence electrons. The Hall–Kier alpha value is -1.60. The van der Waals surface area contributed by atoms with Gasteiger partial charge in [0.2, 0.25) is 0 Å². The Bertz CT molecular complexity index is 627. The van der Waals surface area contributed by atoms with Crippen molar-refractivity contribution in [3.05, 3.63) is 29.3 Å². The molecule has 0 saturated carbocycles.